The zero-order valence-electron chi connectivity index (χ0n) is 19.0. The number of carbonyl (C=O) groups is 2. The lowest BCUT2D eigenvalue weighted by atomic mass is 9.96. The zero-order valence-corrected chi connectivity index (χ0v) is 19.9. The summed E-state index contributed by atoms with van der Waals surface area (Å²) in [7, 11) is 0. The van der Waals surface area contributed by atoms with Crippen molar-refractivity contribution in [3.05, 3.63) is 54.7 Å². The number of fused-ring (bicyclic) bond motifs is 1. The Hall–Kier alpha value is -3.14. The largest absolute Gasteiger partial charge is 0.462 e. The van der Waals surface area contributed by atoms with E-state index in [1.807, 2.05) is 16.4 Å². The first-order valence-electron chi connectivity index (χ1n) is 11.5. The Kier molecular flexibility index (Phi) is 5.71. The number of ketones is 1. The van der Waals surface area contributed by atoms with Gasteiger partial charge in [0.2, 0.25) is 5.43 Å². The second kappa shape index (κ2) is 8.57. The second-order valence-electron chi connectivity index (χ2n) is 9.00. The Morgan fingerprint density at radius 1 is 1.29 bits per heavy atom. The third-order valence-corrected chi connectivity index (χ3v) is 8.11. The first kappa shape index (κ1) is 22.6. The highest BCUT2D eigenvalue weighted by Gasteiger charge is 2.34. The summed E-state index contributed by atoms with van der Waals surface area (Å²) in [6, 6.07) is 3.08. The number of pyridine rings is 1. The first-order chi connectivity index (χ1) is 16.3. The fraction of sp³-hybridized carbons (Fsp3) is 0.458. The number of hydrogen-bond donors (Lipinski definition) is 0. The lowest BCUT2D eigenvalue weighted by Crippen LogP contribution is -2.37. The van der Waals surface area contributed by atoms with E-state index in [4.69, 9.17) is 4.74 Å². The molecule has 9 nitrogen and oxygen atoms in total. The van der Waals surface area contributed by atoms with E-state index >= 15 is 0 Å². The van der Waals surface area contributed by atoms with Crippen LogP contribution in [0.3, 0.4) is 0 Å². The van der Waals surface area contributed by atoms with Crippen LogP contribution >= 0.6 is 11.8 Å². The molecular weight excluding hydrogens is 458 g/mol. The van der Waals surface area contributed by atoms with Crippen LogP contribution in [0.2, 0.25) is 0 Å². The average molecular weight is 484 g/mol. The number of Topliss-reactive ketones (excluding diaryl/α,β-unsaturated/α-hetero) is 1. The van der Waals surface area contributed by atoms with E-state index in [2.05, 4.69) is 0 Å². The highest BCUT2D eigenvalue weighted by molar-refractivity contribution is 8.03. The smallest absolute Gasteiger partial charge is 0.343 e. The van der Waals surface area contributed by atoms with Crippen molar-refractivity contribution in [1.29, 1.82) is 0 Å². The summed E-state index contributed by atoms with van der Waals surface area (Å²) < 4.78 is 6.91. The van der Waals surface area contributed by atoms with Gasteiger partial charge in [0.25, 0.3) is 5.69 Å². The number of nitro groups is 1. The molecule has 3 aliphatic rings. The summed E-state index contributed by atoms with van der Waals surface area (Å²) in [5.41, 5.74) is 0.783. The SMILES string of the molecule is CCOC(=O)c1cn(C2CC2)c2cc(N3CCC4=C(C3)C(=O)C(C)CS4)c([N+](=O)[O-])cc2c1=O. The van der Waals surface area contributed by atoms with Crippen LogP contribution in [0.4, 0.5) is 11.4 Å². The third-order valence-electron chi connectivity index (χ3n) is 6.65. The molecule has 1 aromatic carbocycles. The minimum absolute atomic E-state index is 0.0726. The molecule has 5 rings (SSSR count). The Morgan fingerprint density at radius 2 is 2.06 bits per heavy atom. The van der Waals surface area contributed by atoms with Crippen LogP contribution in [0, 0.1) is 16.0 Å². The van der Waals surface area contributed by atoms with Crippen LogP contribution in [-0.4, -0.2) is 46.7 Å². The molecule has 2 aromatic rings. The van der Waals surface area contributed by atoms with Crippen LogP contribution in [0.1, 0.15) is 49.5 Å². The van der Waals surface area contributed by atoms with Crippen molar-refractivity contribution in [3.8, 4) is 0 Å². The normalized spacial score (nSPS) is 20.5. The van der Waals surface area contributed by atoms with Gasteiger partial charge in [0.15, 0.2) is 5.78 Å². The van der Waals surface area contributed by atoms with Crippen LogP contribution in [0.5, 0.6) is 0 Å². The van der Waals surface area contributed by atoms with Crippen molar-refractivity contribution in [3.63, 3.8) is 0 Å². The summed E-state index contributed by atoms with van der Waals surface area (Å²) in [4.78, 5) is 52.9. The number of esters is 1. The van der Waals surface area contributed by atoms with Gasteiger partial charge in [0.05, 0.1) is 22.4 Å². The van der Waals surface area contributed by atoms with E-state index in [1.54, 1.807) is 24.8 Å². The van der Waals surface area contributed by atoms with Gasteiger partial charge in [0.1, 0.15) is 11.3 Å². The summed E-state index contributed by atoms with van der Waals surface area (Å²) in [5.74, 6) is 0.0745. The van der Waals surface area contributed by atoms with Gasteiger partial charge in [-0.2, -0.15) is 0 Å². The average Bonchev–Trinajstić information content (AvgIpc) is 3.66. The Labute approximate surface area is 199 Å². The number of thioether (sulfide) groups is 1. The molecule has 1 fully saturated rings. The Bertz CT molecular complexity index is 1330. The second-order valence-corrected chi connectivity index (χ2v) is 10.1. The maximum atomic E-state index is 13.2. The van der Waals surface area contributed by atoms with Crippen molar-refractivity contribution in [2.24, 2.45) is 5.92 Å². The van der Waals surface area contributed by atoms with Gasteiger partial charge in [-0.25, -0.2) is 4.79 Å². The predicted octanol–water partition coefficient (Wildman–Crippen LogP) is 3.84. The number of aromatic nitrogens is 1. The van der Waals surface area contributed by atoms with Crippen molar-refractivity contribution in [2.75, 3.05) is 30.3 Å². The van der Waals surface area contributed by atoms with Gasteiger partial charge >= 0.3 is 5.97 Å². The van der Waals surface area contributed by atoms with Crippen molar-refractivity contribution >= 4 is 45.8 Å². The third kappa shape index (κ3) is 3.79. The molecule has 0 saturated heterocycles. The highest BCUT2D eigenvalue weighted by atomic mass is 32.2. The molecule has 178 valence electrons. The molecule has 0 amide bonds. The van der Waals surface area contributed by atoms with Crippen LogP contribution in [0.15, 0.2) is 33.6 Å². The van der Waals surface area contributed by atoms with Crippen LogP contribution in [0.25, 0.3) is 10.9 Å². The van der Waals surface area contributed by atoms with Crippen molar-refractivity contribution < 1.29 is 19.2 Å². The van der Waals surface area contributed by atoms with E-state index in [0.717, 1.165) is 29.1 Å². The number of rotatable bonds is 5. The van der Waals surface area contributed by atoms with Gasteiger partial charge in [-0.05, 0) is 37.2 Å². The minimum Gasteiger partial charge on any atom is -0.462 e. The maximum Gasteiger partial charge on any atom is 0.343 e. The van der Waals surface area contributed by atoms with Gasteiger partial charge in [-0.3, -0.25) is 19.7 Å². The number of nitrogens with zero attached hydrogens (tertiary/aromatic N) is 3. The van der Waals surface area contributed by atoms with E-state index < -0.39 is 16.3 Å². The quantitative estimate of drug-likeness (QED) is 0.358. The first-order valence-corrected chi connectivity index (χ1v) is 12.5. The van der Waals surface area contributed by atoms with E-state index in [1.165, 1.54) is 12.3 Å². The molecule has 0 N–H and O–H groups in total. The molecule has 1 aromatic heterocycles. The van der Waals surface area contributed by atoms with E-state index in [0.29, 0.717) is 30.7 Å². The van der Waals surface area contributed by atoms with E-state index in [9.17, 15) is 24.5 Å². The monoisotopic (exact) mass is 483 g/mol. The van der Waals surface area contributed by atoms with Crippen LogP contribution in [-0.2, 0) is 9.53 Å². The molecule has 1 unspecified atom stereocenters. The Balaban J connectivity index is 1.66. The lowest BCUT2D eigenvalue weighted by molar-refractivity contribution is -0.384. The molecule has 10 heteroatoms. The van der Waals surface area contributed by atoms with Gasteiger partial charge in [-0.15, -0.1) is 11.8 Å². The topological polar surface area (TPSA) is 112 Å². The molecule has 2 aliphatic heterocycles. The predicted molar refractivity (Wildman–Crippen MR) is 130 cm³/mol. The van der Waals surface area contributed by atoms with Crippen LogP contribution < -0.4 is 10.3 Å². The molecule has 34 heavy (non-hydrogen) atoms. The standard InChI is InChI=1S/C24H25N3O6S/c1-3-33-24(30)17-11-26(14-4-5-14)18-9-19(20(27(31)32)8-15(18)23(17)29)25-7-6-21-16(10-25)22(28)13(2)12-34-21/h8-9,11,13-14H,3-7,10,12H2,1-2H3. The molecule has 0 radical (unpaired) electrons. The van der Waals surface area contributed by atoms with Gasteiger partial charge < -0.3 is 14.2 Å². The number of carbonyl (C=O) groups excluding carboxylic acids is 2. The molecule has 0 spiro atoms. The summed E-state index contributed by atoms with van der Waals surface area (Å²) in [6.45, 7) is 4.55. The molecular formula is C24H25N3O6S. The number of nitro benzene ring substituents is 1. The minimum atomic E-state index is -0.728. The molecule has 1 saturated carbocycles. The summed E-state index contributed by atoms with van der Waals surface area (Å²) >= 11 is 1.70. The fourth-order valence-electron chi connectivity index (χ4n) is 4.71. The summed E-state index contributed by atoms with van der Waals surface area (Å²) in [6.07, 6.45) is 3.98. The zero-order chi connectivity index (χ0) is 24.1. The highest BCUT2D eigenvalue weighted by Crippen LogP contribution is 2.42. The lowest BCUT2D eigenvalue weighted by Gasteiger charge is -2.35. The van der Waals surface area contributed by atoms with Crippen molar-refractivity contribution in [2.45, 2.75) is 39.2 Å². The number of ether oxygens (including phenoxy) is 1. The molecule has 3 heterocycles. The number of benzene rings is 1. The van der Waals surface area contributed by atoms with Crippen molar-refractivity contribution in [1.82, 2.24) is 4.57 Å². The molecule has 0 bridgehead atoms. The fourth-order valence-corrected chi connectivity index (χ4v) is 5.88. The molecule has 1 atom stereocenters. The number of anilines is 1. The van der Waals surface area contributed by atoms with Gasteiger partial charge in [-0.1, -0.05) is 6.92 Å². The maximum absolute atomic E-state index is 13.2. The number of hydrogen-bond acceptors (Lipinski definition) is 8. The van der Waals surface area contributed by atoms with E-state index in [-0.39, 0.29) is 41.0 Å². The summed E-state index contributed by atoms with van der Waals surface area (Å²) in [5, 5.41) is 12.2. The van der Waals surface area contributed by atoms with Gasteiger partial charge in [0, 0.05) is 48.6 Å². The Morgan fingerprint density at radius 3 is 2.74 bits per heavy atom. The molecule has 1 aliphatic carbocycles.